The molecule has 0 radical (unpaired) electrons. The second-order valence-electron chi connectivity index (χ2n) is 7.67. The Balaban J connectivity index is 2.35. The van der Waals surface area contributed by atoms with Crippen LogP contribution in [-0.2, 0) is 9.53 Å². The zero-order valence-electron chi connectivity index (χ0n) is 16.7. The molecule has 0 atom stereocenters. The Labute approximate surface area is 161 Å². The highest BCUT2D eigenvalue weighted by Gasteiger charge is 2.20. The Kier molecular flexibility index (Phi) is 8.66. The van der Waals surface area contributed by atoms with Gasteiger partial charge >= 0.3 is 0 Å². The first-order chi connectivity index (χ1) is 12.6. The summed E-state index contributed by atoms with van der Waals surface area (Å²) in [5, 5.41) is 12.5. The quantitative estimate of drug-likeness (QED) is 0.547. The fourth-order valence-corrected chi connectivity index (χ4v) is 2.28. The number of aldehydes is 1. The standard InChI is InChI=1S/C21H31NO5/c1-6-16-13-18(8-7-17(16)14-23)26-15-19(24)22-11-9-21(4,5)27-12-10-20(2,3)25/h6-8,13-14,25H,1,9-12,15H2,2-5H3,(H,22,24). The molecule has 0 heterocycles. The Hall–Kier alpha value is -2.18. The Morgan fingerprint density at radius 3 is 2.52 bits per heavy atom. The third-order valence-electron chi connectivity index (χ3n) is 4.03. The normalized spacial score (nSPS) is 11.7. The molecule has 0 saturated heterocycles. The first kappa shape index (κ1) is 22.9. The number of ether oxygens (including phenoxy) is 2. The molecule has 2 N–H and O–H groups in total. The van der Waals surface area contributed by atoms with Crippen molar-refractivity contribution in [3.63, 3.8) is 0 Å². The van der Waals surface area contributed by atoms with Crippen molar-refractivity contribution in [1.82, 2.24) is 5.32 Å². The molecule has 0 bridgehead atoms. The lowest BCUT2D eigenvalue weighted by molar-refractivity contribution is -0.123. The molecule has 0 fully saturated rings. The summed E-state index contributed by atoms with van der Waals surface area (Å²) < 4.78 is 11.2. The van der Waals surface area contributed by atoms with Crippen molar-refractivity contribution >= 4 is 18.3 Å². The third-order valence-corrected chi connectivity index (χ3v) is 4.03. The van der Waals surface area contributed by atoms with Gasteiger partial charge in [0.15, 0.2) is 12.9 Å². The minimum atomic E-state index is -0.753. The van der Waals surface area contributed by atoms with Gasteiger partial charge in [-0.25, -0.2) is 0 Å². The highest BCUT2D eigenvalue weighted by molar-refractivity contribution is 5.82. The average Bonchev–Trinajstić information content (AvgIpc) is 2.58. The summed E-state index contributed by atoms with van der Waals surface area (Å²) in [6.45, 7) is 11.8. The van der Waals surface area contributed by atoms with Crippen LogP contribution in [0.15, 0.2) is 24.8 Å². The van der Waals surface area contributed by atoms with Crippen molar-refractivity contribution in [2.75, 3.05) is 19.8 Å². The summed E-state index contributed by atoms with van der Waals surface area (Å²) in [5.41, 5.74) is 0.0291. The van der Waals surface area contributed by atoms with Gasteiger partial charge in [0.05, 0.1) is 17.8 Å². The van der Waals surface area contributed by atoms with E-state index in [9.17, 15) is 14.7 Å². The molecule has 6 nitrogen and oxygen atoms in total. The van der Waals surface area contributed by atoms with E-state index in [0.717, 1.165) is 6.29 Å². The number of rotatable bonds is 12. The molecule has 0 unspecified atom stereocenters. The number of benzene rings is 1. The first-order valence-corrected chi connectivity index (χ1v) is 9.04. The van der Waals surface area contributed by atoms with Crippen molar-refractivity contribution in [2.24, 2.45) is 0 Å². The van der Waals surface area contributed by atoms with Gasteiger partial charge in [-0.1, -0.05) is 12.7 Å². The number of carbonyl (C=O) groups is 2. The van der Waals surface area contributed by atoms with E-state index >= 15 is 0 Å². The van der Waals surface area contributed by atoms with Gasteiger partial charge in [0, 0.05) is 12.1 Å². The number of hydrogen-bond donors (Lipinski definition) is 2. The molecule has 27 heavy (non-hydrogen) atoms. The molecule has 0 saturated carbocycles. The lowest BCUT2D eigenvalue weighted by Gasteiger charge is -2.27. The van der Waals surface area contributed by atoms with Crippen molar-refractivity contribution < 1.29 is 24.2 Å². The van der Waals surface area contributed by atoms with E-state index in [4.69, 9.17) is 9.47 Å². The van der Waals surface area contributed by atoms with Crippen LogP contribution in [-0.4, -0.2) is 48.3 Å². The minimum absolute atomic E-state index is 0.114. The van der Waals surface area contributed by atoms with Crippen molar-refractivity contribution in [3.8, 4) is 5.75 Å². The van der Waals surface area contributed by atoms with Crippen molar-refractivity contribution in [3.05, 3.63) is 35.9 Å². The number of aliphatic hydroxyl groups is 1. The topological polar surface area (TPSA) is 84.9 Å². The molecule has 0 aliphatic rings. The van der Waals surface area contributed by atoms with Crippen LogP contribution in [0.25, 0.3) is 6.08 Å². The van der Waals surface area contributed by atoms with Gasteiger partial charge in [0.25, 0.3) is 5.91 Å². The summed E-state index contributed by atoms with van der Waals surface area (Å²) in [5.74, 6) is 0.267. The predicted octanol–water partition coefficient (Wildman–Crippen LogP) is 2.98. The molecular weight excluding hydrogens is 346 g/mol. The number of carbonyl (C=O) groups excluding carboxylic acids is 2. The summed E-state index contributed by atoms with van der Waals surface area (Å²) in [6.07, 6.45) is 3.50. The van der Waals surface area contributed by atoms with E-state index in [1.54, 1.807) is 38.1 Å². The summed E-state index contributed by atoms with van der Waals surface area (Å²) >= 11 is 0. The fraction of sp³-hybridized carbons (Fsp3) is 0.524. The van der Waals surface area contributed by atoms with Crippen LogP contribution < -0.4 is 10.1 Å². The monoisotopic (exact) mass is 377 g/mol. The van der Waals surface area contributed by atoms with Crippen LogP contribution in [0, 0.1) is 0 Å². The van der Waals surface area contributed by atoms with E-state index in [2.05, 4.69) is 11.9 Å². The van der Waals surface area contributed by atoms with E-state index in [-0.39, 0.29) is 12.5 Å². The molecule has 0 spiro atoms. The van der Waals surface area contributed by atoms with Gasteiger partial charge in [0.1, 0.15) is 5.75 Å². The first-order valence-electron chi connectivity index (χ1n) is 9.04. The second-order valence-corrected chi connectivity index (χ2v) is 7.67. The molecule has 1 amide bonds. The van der Waals surface area contributed by atoms with Crippen LogP contribution in [0.5, 0.6) is 5.75 Å². The van der Waals surface area contributed by atoms with Gasteiger partial charge in [-0.2, -0.15) is 0 Å². The second kappa shape index (κ2) is 10.2. The lowest BCUT2D eigenvalue weighted by Crippen LogP contribution is -2.36. The molecular formula is C21H31NO5. The lowest BCUT2D eigenvalue weighted by atomic mass is 10.0. The highest BCUT2D eigenvalue weighted by Crippen LogP contribution is 2.18. The van der Waals surface area contributed by atoms with Crippen LogP contribution >= 0.6 is 0 Å². The van der Waals surface area contributed by atoms with Gasteiger partial charge in [-0.15, -0.1) is 0 Å². The zero-order valence-corrected chi connectivity index (χ0v) is 16.7. The SMILES string of the molecule is C=Cc1cc(OCC(=O)NCCC(C)(C)OCCC(C)(C)O)ccc1C=O. The van der Waals surface area contributed by atoms with E-state index < -0.39 is 11.2 Å². The molecule has 1 aromatic rings. The average molecular weight is 377 g/mol. The number of nitrogens with one attached hydrogen (secondary N) is 1. The van der Waals surface area contributed by atoms with E-state index in [0.29, 0.717) is 42.9 Å². The van der Waals surface area contributed by atoms with Crippen LogP contribution in [0.2, 0.25) is 0 Å². The van der Waals surface area contributed by atoms with Crippen LogP contribution in [0.1, 0.15) is 56.5 Å². The summed E-state index contributed by atoms with van der Waals surface area (Å²) in [7, 11) is 0. The molecule has 0 aliphatic carbocycles. The smallest absolute Gasteiger partial charge is 0.257 e. The number of hydrogen-bond acceptors (Lipinski definition) is 5. The molecule has 1 rings (SSSR count). The van der Waals surface area contributed by atoms with Gasteiger partial charge < -0.3 is 19.9 Å². The maximum Gasteiger partial charge on any atom is 0.257 e. The number of amides is 1. The summed E-state index contributed by atoms with van der Waals surface area (Å²) in [6, 6.07) is 4.94. The molecule has 0 aliphatic heterocycles. The van der Waals surface area contributed by atoms with E-state index in [1.165, 1.54) is 0 Å². The van der Waals surface area contributed by atoms with Gasteiger partial charge in [0.2, 0.25) is 0 Å². The third kappa shape index (κ3) is 9.35. The highest BCUT2D eigenvalue weighted by atomic mass is 16.5. The van der Waals surface area contributed by atoms with Crippen molar-refractivity contribution in [1.29, 1.82) is 0 Å². The molecule has 150 valence electrons. The minimum Gasteiger partial charge on any atom is -0.484 e. The molecule has 0 aromatic heterocycles. The van der Waals surface area contributed by atoms with Gasteiger partial charge in [-0.05, 0) is 64.3 Å². The predicted molar refractivity (Wildman–Crippen MR) is 106 cm³/mol. The van der Waals surface area contributed by atoms with Crippen LogP contribution in [0.3, 0.4) is 0 Å². The van der Waals surface area contributed by atoms with E-state index in [1.807, 2.05) is 13.8 Å². The van der Waals surface area contributed by atoms with Crippen LogP contribution in [0.4, 0.5) is 0 Å². The van der Waals surface area contributed by atoms with Crippen molar-refractivity contribution in [2.45, 2.75) is 51.7 Å². The molecule has 1 aromatic carbocycles. The largest absolute Gasteiger partial charge is 0.484 e. The summed E-state index contributed by atoms with van der Waals surface area (Å²) in [4.78, 5) is 22.8. The maximum atomic E-state index is 11.9. The Bertz CT molecular complexity index is 646. The Morgan fingerprint density at radius 1 is 1.22 bits per heavy atom. The fourth-order valence-electron chi connectivity index (χ4n) is 2.28. The van der Waals surface area contributed by atoms with Gasteiger partial charge in [-0.3, -0.25) is 9.59 Å². The maximum absolute atomic E-state index is 11.9. The molecule has 6 heteroatoms. The zero-order chi connectivity index (χ0) is 20.5. The Morgan fingerprint density at radius 2 is 1.93 bits per heavy atom.